The summed E-state index contributed by atoms with van der Waals surface area (Å²) in [6.45, 7) is 3.01. The normalized spacial score (nSPS) is 31.4. The van der Waals surface area contributed by atoms with Crippen LogP contribution in [0.3, 0.4) is 0 Å². The molecule has 2 atom stereocenters. The SMILES string of the molecule is CC1CCCn2nc(C3CCCS3(=O)=O)nc21. The highest BCUT2D eigenvalue weighted by Crippen LogP contribution is 2.34. The third-order valence-corrected chi connectivity index (χ3v) is 5.95. The lowest BCUT2D eigenvalue weighted by Gasteiger charge is -2.17. The molecule has 0 spiro atoms. The molecule has 0 aliphatic carbocycles. The number of sulfone groups is 1. The minimum Gasteiger partial charge on any atom is -0.249 e. The summed E-state index contributed by atoms with van der Waals surface area (Å²) >= 11 is 0. The third-order valence-electron chi connectivity index (χ3n) is 3.78. The van der Waals surface area contributed by atoms with Gasteiger partial charge >= 0.3 is 0 Å². The Bertz CT molecular complexity index is 535. The highest BCUT2D eigenvalue weighted by molar-refractivity contribution is 7.91. The zero-order valence-corrected chi connectivity index (χ0v) is 10.8. The highest BCUT2D eigenvalue weighted by atomic mass is 32.2. The van der Waals surface area contributed by atoms with Gasteiger partial charge in [0.15, 0.2) is 15.7 Å². The van der Waals surface area contributed by atoms with Crippen LogP contribution in [0.15, 0.2) is 0 Å². The maximum Gasteiger partial charge on any atom is 0.169 e. The van der Waals surface area contributed by atoms with Crippen molar-refractivity contribution in [2.24, 2.45) is 0 Å². The first-order valence-corrected chi connectivity index (χ1v) is 7.95. The summed E-state index contributed by atoms with van der Waals surface area (Å²) in [7, 11) is -3.00. The summed E-state index contributed by atoms with van der Waals surface area (Å²) in [5.41, 5.74) is 0. The van der Waals surface area contributed by atoms with Gasteiger partial charge < -0.3 is 0 Å². The Morgan fingerprint density at radius 1 is 1.29 bits per heavy atom. The van der Waals surface area contributed by atoms with Crippen LogP contribution in [0.2, 0.25) is 0 Å². The fourth-order valence-electron chi connectivity index (χ4n) is 2.80. The van der Waals surface area contributed by atoms with Gasteiger partial charge in [0.1, 0.15) is 11.1 Å². The molecule has 0 saturated carbocycles. The fourth-order valence-corrected chi connectivity index (χ4v) is 4.60. The first-order chi connectivity index (χ1) is 8.08. The molecule has 5 nitrogen and oxygen atoms in total. The van der Waals surface area contributed by atoms with Gasteiger partial charge in [-0.15, -0.1) is 0 Å². The molecule has 0 radical (unpaired) electrons. The van der Waals surface area contributed by atoms with Gasteiger partial charge in [0, 0.05) is 12.5 Å². The van der Waals surface area contributed by atoms with Crippen LogP contribution in [0.5, 0.6) is 0 Å². The van der Waals surface area contributed by atoms with E-state index in [4.69, 9.17) is 0 Å². The number of rotatable bonds is 1. The van der Waals surface area contributed by atoms with Crippen LogP contribution in [0, 0.1) is 0 Å². The van der Waals surface area contributed by atoms with E-state index in [-0.39, 0.29) is 5.75 Å². The van der Waals surface area contributed by atoms with Crippen LogP contribution >= 0.6 is 0 Å². The van der Waals surface area contributed by atoms with E-state index in [1.54, 1.807) is 0 Å². The van der Waals surface area contributed by atoms with E-state index in [0.29, 0.717) is 18.2 Å². The smallest absolute Gasteiger partial charge is 0.169 e. The number of fused-ring (bicyclic) bond motifs is 1. The summed E-state index contributed by atoms with van der Waals surface area (Å²) in [5.74, 6) is 2.19. The zero-order chi connectivity index (χ0) is 12.0. The summed E-state index contributed by atoms with van der Waals surface area (Å²) in [6, 6.07) is 0. The van der Waals surface area contributed by atoms with Gasteiger partial charge in [0.2, 0.25) is 0 Å². The Morgan fingerprint density at radius 3 is 2.76 bits per heavy atom. The summed E-state index contributed by atoms with van der Waals surface area (Å²) in [4.78, 5) is 4.48. The van der Waals surface area contributed by atoms with Crippen LogP contribution in [-0.2, 0) is 16.4 Å². The van der Waals surface area contributed by atoms with Crippen molar-refractivity contribution in [3.63, 3.8) is 0 Å². The molecule has 94 valence electrons. The number of hydrogen-bond donors (Lipinski definition) is 0. The van der Waals surface area contributed by atoms with E-state index in [9.17, 15) is 8.42 Å². The largest absolute Gasteiger partial charge is 0.249 e. The van der Waals surface area contributed by atoms with Gasteiger partial charge in [-0.1, -0.05) is 6.92 Å². The Hall–Kier alpha value is -0.910. The lowest BCUT2D eigenvalue weighted by Crippen LogP contribution is -2.15. The molecule has 1 aromatic rings. The van der Waals surface area contributed by atoms with Crippen molar-refractivity contribution in [3.05, 3.63) is 11.6 Å². The quantitative estimate of drug-likeness (QED) is 0.761. The number of aryl methyl sites for hydroxylation is 1. The predicted octanol–water partition coefficient (Wildman–Crippen LogP) is 1.43. The van der Waals surface area contributed by atoms with Crippen molar-refractivity contribution in [2.45, 2.75) is 50.3 Å². The number of hydrogen-bond acceptors (Lipinski definition) is 4. The highest BCUT2D eigenvalue weighted by Gasteiger charge is 2.36. The Balaban J connectivity index is 2.00. The van der Waals surface area contributed by atoms with E-state index >= 15 is 0 Å². The molecule has 1 fully saturated rings. The first kappa shape index (κ1) is 11.2. The first-order valence-electron chi connectivity index (χ1n) is 6.24. The molecule has 1 aromatic heterocycles. The predicted molar refractivity (Wildman–Crippen MR) is 63.4 cm³/mol. The average Bonchev–Trinajstić information content (AvgIpc) is 2.81. The van der Waals surface area contributed by atoms with Gasteiger partial charge in [-0.05, 0) is 25.7 Å². The van der Waals surface area contributed by atoms with Crippen molar-refractivity contribution >= 4 is 9.84 Å². The van der Waals surface area contributed by atoms with Crippen molar-refractivity contribution in [1.82, 2.24) is 14.8 Å². The third kappa shape index (κ3) is 1.78. The molecule has 0 N–H and O–H groups in total. The minimum atomic E-state index is -3.00. The van der Waals surface area contributed by atoms with Gasteiger partial charge in [0.05, 0.1) is 5.75 Å². The monoisotopic (exact) mass is 255 g/mol. The van der Waals surface area contributed by atoms with E-state index in [1.807, 2.05) is 4.68 Å². The Kier molecular flexibility index (Phi) is 2.50. The summed E-state index contributed by atoms with van der Waals surface area (Å²) in [6.07, 6.45) is 3.65. The van der Waals surface area contributed by atoms with E-state index < -0.39 is 15.1 Å². The zero-order valence-electron chi connectivity index (χ0n) is 9.96. The summed E-state index contributed by atoms with van der Waals surface area (Å²) in [5, 5.41) is 3.95. The Labute approximate surface area is 101 Å². The molecule has 1 saturated heterocycles. The van der Waals surface area contributed by atoms with Crippen molar-refractivity contribution < 1.29 is 8.42 Å². The van der Waals surface area contributed by atoms with Crippen LogP contribution < -0.4 is 0 Å². The lowest BCUT2D eigenvalue weighted by atomic mass is 10.0. The second kappa shape index (κ2) is 3.80. The van der Waals surface area contributed by atoms with Crippen molar-refractivity contribution in [2.75, 3.05) is 5.75 Å². The van der Waals surface area contributed by atoms with Crippen LogP contribution in [0.1, 0.15) is 55.4 Å². The van der Waals surface area contributed by atoms with Gasteiger partial charge in [0.25, 0.3) is 0 Å². The van der Waals surface area contributed by atoms with Crippen LogP contribution in [0.4, 0.5) is 0 Å². The van der Waals surface area contributed by atoms with Crippen molar-refractivity contribution in [1.29, 1.82) is 0 Å². The molecular formula is C11H17N3O2S. The maximum absolute atomic E-state index is 11.9. The lowest BCUT2D eigenvalue weighted by molar-refractivity contribution is 0.431. The molecule has 0 aromatic carbocycles. The molecule has 6 heteroatoms. The number of nitrogens with zero attached hydrogens (tertiary/aromatic N) is 3. The second-order valence-corrected chi connectivity index (χ2v) is 7.40. The van der Waals surface area contributed by atoms with E-state index in [0.717, 1.165) is 31.6 Å². The van der Waals surface area contributed by atoms with Gasteiger partial charge in [-0.2, -0.15) is 5.10 Å². The van der Waals surface area contributed by atoms with Crippen LogP contribution in [-0.4, -0.2) is 28.9 Å². The van der Waals surface area contributed by atoms with Gasteiger partial charge in [-0.25, -0.2) is 18.1 Å². The minimum absolute atomic E-state index is 0.289. The Morgan fingerprint density at radius 2 is 2.12 bits per heavy atom. The fraction of sp³-hybridized carbons (Fsp3) is 0.818. The van der Waals surface area contributed by atoms with Gasteiger partial charge in [-0.3, -0.25) is 0 Å². The molecule has 2 aliphatic rings. The number of aromatic nitrogens is 3. The van der Waals surface area contributed by atoms with E-state index in [1.165, 1.54) is 0 Å². The molecule has 2 unspecified atom stereocenters. The van der Waals surface area contributed by atoms with E-state index in [2.05, 4.69) is 17.0 Å². The molecule has 17 heavy (non-hydrogen) atoms. The topological polar surface area (TPSA) is 64.8 Å². The standard InChI is InChI=1S/C11H17N3O2S/c1-8-4-2-6-14-11(8)12-10(13-14)9-5-3-7-17(9,15)16/h8-9H,2-7H2,1H3. The molecule has 2 aliphatic heterocycles. The molecule has 3 heterocycles. The molecule has 3 rings (SSSR count). The molecule has 0 bridgehead atoms. The van der Waals surface area contributed by atoms with Crippen molar-refractivity contribution in [3.8, 4) is 0 Å². The van der Waals surface area contributed by atoms with Crippen LogP contribution in [0.25, 0.3) is 0 Å². The summed E-state index contributed by atoms with van der Waals surface area (Å²) < 4.78 is 25.6. The molecular weight excluding hydrogens is 238 g/mol. The average molecular weight is 255 g/mol. The maximum atomic E-state index is 11.9. The second-order valence-electron chi connectivity index (χ2n) is 5.09. The molecule has 0 amide bonds.